The summed E-state index contributed by atoms with van der Waals surface area (Å²) in [4.78, 5) is 29.4. The molecule has 0 spiro atoms. The van der Waals surface area contributed by atoms with Crippen LogP contribution in [0.4, 0.5) is 15.8 Å². The first-order valence-electron chi connectivity index (χ1n) is 8.80. The molecule has 2 heterocycles. The summed E-state index contributed by atoms with van der Waals surface area (Å²) in [6.07, 6.45) is 2.15. The van der Waals surface area contributed by atoms with E-state index < -0.39 is 17.6 Å². The molecule has 27 heavy (non-hydrogen) atoms. The van der Waals surface area contributed by atoms with Crippen molar-refractivity contribution in [2.45, 2.75) is 12.8 Å². The number of benzene rings is 2. The van der Waals surface area contributed by atoms with Crippen LogP contribution in [0.15, 0.2) is 42.5 Å². The number of anilines is 2. The Morgan fingerprint density at radius 3 is 2.59 bits per heavy atom. The molecule has 1 saturated heterocycles. The number of amides is 2. The van der Waals surface area contributed by atoms with E-state index in [1.165, 1.54) is 12.1 Å². The fraction of sp³-hybridized carbons (Fsp3) is 0.200. The van der Waals surface area contributed by atoms with Gasteiger partial charge >= 0.3 is 0 Å². The molecule has 0 unspecified atom stereocenters. The highest BCUT2D eigenvalue weighted by Gasteiger charge is 2.20. The van der Waals surface area contributed by atoms with E-state index in [-0.39, 0.29) is 5.69 Å². The zero-order chi connectivity index (χ0) is 19.0. The molecular formula is C20H19FN4O2. The maximum Gasteiger partial charge on any atom is 0.272 e. The van der Waals surface area contributed by atoms with Gasteiger partial charge in [0.2, 0.25) is 5.91 Å². The van der Waals surface area contributed by atoms with Gasteiger partial charge in [-0.2, -0.15) is 0 Å². The minimum Gasteiger partial charge on any atom is -0.370 e. The van der Waals surface area contributed by atoms with Crippen molar-refractivity contribution in [1.29, 1.82) is 0 Å². The van der Waals surface area contributed by atoms with Crippen LogP contribution in [-0.2, 0) is 0 Å². The number of fused-ring (bicyclic) bond motifs is 1. The molecule has 1 fully saturated rings. The molecular weight excluding hydrogens is 347 g/mol. The van der Waals surface area contributed by atoms with Crippen LogP contribution in [0.25, 0.3) is 10.9 Å². The predicted octanol–water partition coefficient (Wildman–Crippen LogP) is 3.26. The lowest BCUT2D eigenvalue weighted by atomic mass is 10.1. The van der Waals surface area contributed by atoms with Crippen LogP contribution in [0.3, 0.4) is 0 Å². The van der Waals surface area contributed by atoms with Gasteiger partial charge in [-0.25, -0.2) is 4.39 Å². The number of H-pyrrole nitrogens is 1. The maximum atomic E-state index is 13.9. The molecule has 2 aromatic carbocycles. The van der Waals surface area contributed by atoms with Gasteiger partial charge in [0, 0.05) is 29.6 Å². The van der Waals surface area contributed by atoms with Crippen molar-refractivity contribution in [2.75, 3.05) is 23.3 Å². The van der Waals surface area contributed by atoms with Gasteiger partial charge in [0.25, 0.3) is 5.91 Å². The number of nitrogens with one attached hydrogen (secondary N) is 2. The molecule has 3 aromatic rings. The SMILES string of the molecule is NC(=O)c1ccc(N2CCCC2)c(NC(=O)c2cc3c(F)cccc3[nH]2)c1. The monoisotopic (exact) mass is 366 g/mol. The molecule has 0 saturated carbocycles. The van der Waals surface area contributed by atoms with E-state index in [1.807, 2.05) is 0 Å². The second-order valence-corrected chi connectivity index (χ2v) is 6.63. The van der Waals surface area contributed by atoms with E-state index in [1.54, 1.807) is 30.3 Å². The summed E-state index contributed by atoms with van der Waals surface area (Å²) in [5.41, 5.74) is 7.84. The second kappa shape index (κ2) is 6.75. The van der Waals surface area contributed by atoms with Gasteiger partial charge < -0.3 is 20.9 Å². The number of rotatable bonds is 4. The van der Waals surface area contributed by atoms with E-state index in [9.17, 15) is 14.0 Å². The van der Waals surface area contributed by atoms with Crippen LogP contribution in [0.1, 0.15) is 33.7 Å². The van der Waals surface area contributed by atoms with Crippen molar-refractivity contribution in [3.8, 4) is 0 Å². The van der Waals surface area contributed by atoms with Crippen molar-refractivity contribution in [3.05, 3.63) is 59.5 Å². The third-order valence-electron chi connectivity index (χ3n) is 4.83. The van der Waals surface area contributed by atoms with Crippen LogP contribution < -0.4 is 16.0 Å². The van der Waals surface area contributed by atoms with Gasteiger partial charge in [-0.1, -0.05) is 6.07 Å². The molecule has 4 N–H and O–H groups in total. The van der Waals surface area contributed by atoms with Gasteiger partial charge in [-0.15, -0.1) is 0 Å². The summed E-state index contributed by atoms with van der Waals surface area (Å²) in [6.45, 7) is 1.77. The van der Waals surface area contributed by atoms with Crippen molar-refractivity contribution < 1.29 is 14.0 Å². The molecule has 7 heteroatoms. The number of carbonyl (C=O) groups excluding carboxylic acids is 2. The fourth-order valence-electron chi connectivity index (χ4n) is 3.45. The Labute approximate surface area is 155 Å². The van der Waals surface area contributed by atoms with Gasteiger partial charge in [0.15, 0.2) is 0 Å². The zero-order valence-electron chi connectivity index (χ0n) is 14.6. The molecule has 2 amide bonds. The topological polar surface area (TPSA) is 91.2 Å². The van der Waals surface area contributed by atoms with Gasteiger partial charge in [0.1, 0.15) is 11.5 Å². The lowest BCUT2D eigenvalue weighted by molar-refractivity contribution is 0.0995. The Balaban J connectivity index is 1.68. The summed E-state index contributed by atoms with van der Waals surface area (Å²) < 4.78 is 13.9. The highest BCUT2D eigenvalue weighted by molar-refractivity contribution is 6.08. The Morgan fingerprint density at radius 2 is 1.89 bits per heavy atom. The first kappa shape index (κ1) is 17.1. The molecule has 1 aliphatic rings. The largest absolute Gasteiger partial charge is 0.370 e. The number of nitrogens with zero attached hydrogens (tertiary/aromatic N) is 1. The van der Waals surface area contributed by atoms with E-state index in [0.29, 0.717) is 22.2 Å². The number of hydrogen-bond donors (Lipinski definition) is 3. The first-order chi connectivity index (χ1) is 13.0. The molecule has 0 atom stereocenters. The van der Waals surface area contributed by atoms with Crippen LogP contribution in [-0.4, -0.2) is 29.9 Å². The van der Waals surface area contributed by atoms with E-state index in [0.717, 1.165) is 31.6 Å². The highest BCUT2D eigenvalue weighted by atomic mass is 19.1. The van der Waals surface area contributed by atoms with Crippen molar-refractivity contribution >= 4 is 34.1 Å². The van der Waals surface area contributed by atoms with Crippen LogP contribution >= 0.6 is 0 Å². The standard InChI is InChI=1S/C20H19FN4O2/c21-14-4-3-5-15-13(14)11-17(23-15)20(27)24-16-10-12(19(22)26)6-7-18(16)25-8-1-2-9-25/h3-7,10-11,23H,1-2,8-9H2,(H2,22,26)(H,24,27). The Kier molecular flexibility index (Phi) is 4.27. The summed E-state index contributed by atoms with van der Waals surface area (Å²) in [6, 6.07) is 11.1. The van der Waals surface area contributed by atoms with Crippen LogP contribution in [0.5, 0.6) is 0 Å². The molecule has 1 aromatic heterocycles. The average molecular weight is 366 g/mol. The summed E-state index contributed by atoms with van der Waals surface area (Å²) in [5, 5.41) is 3.19. The third kappa shape index (κ3) is 3.23. The summed E-state index contributed by atoms with van der Waals surface area (Å²) in [7, 11) is 0. The fourth-order valence-corrected chi connectivity index (χ4v) is 3.45. The maximum absolute atomic E-state index is 13.9. The van der Waals surface area contributed by atoms with Gasteiger partial charge in [-0.05, 0) is 49.2 Å². The van der Waals surface area contributed by atoms with Crippen LogP contribution in [0.2, 0.25) is 0 Å². The summed E-state index contributed by atoms with van der Waals surface area (Å²) in [5.74, 6) is -1.37. The molecule has 138 valence electrons. The number of nitrogens with two attached hydrogens (primary N) is 1. The van der Waals surface area contributed by atoms with Crippen molar-refractivity contribution in [3.63, 3.8) is 0 Å². The molecule has 0 radical (unpaired) electrons. The third-order valence-corrected chi connectivity index (χ3v) is 4.83. The number of hydrogen-bond acceptors (Lipinski definition) is 3. The normalized spacial score (nSPS) is 13.9. The molecule has 0 aliphatic carbocycles. The minimum absolute atomic E-state index is 0.243. The van der Waals surface area contributed by atoms with E-state index in [2.05, 4.69) is 15.2 Å². The first-order valence-corrected chi connectivity index (χ1v) is 8.80. The number of carbonyl (C=O) groups is 2. The zero-order valence-corrected chi connectivity index (χ0v) is 14.6. The van der Waals surface area contributed by atoms with Gasteiger partial charge in [-0.3, -0.25) is 9.59 Å². The molecule has 6 nitrogen and oxygen atoms in total. The predicted molar refractivity (Wildman–Crippen MR) is 103 cm³/mol. The van der Waals surface area contributed by atoms with E-state index in [4.69, 9.17) is 5.73 Å². The Hall–Kier alpha value is -3.35. The number of aromatic nitrogens is 1. The lowest BCUT2D eigenvalue weighted by Gasteiger charge is -2.22. The second-order valence-electron chi connectivity index (χ2n) is 6.63. The van der Waals surface area contributed by atoms with E-state index >= 15 is 0 Å². The highest BCUT2D eigenvalue weighted by Crippen LogP contribution is 2.30. The number of aromatic amines is 1. The smallest absolute Gasteiger partial charge is 0.272 e. The lowest BCUT2D eigenvalue weighted by Crippen LogP contribution is -2.22. The quantitative estimate of drug-likeness (QED) is 0.662. The molecule has 0 bridgehead atoms. The summed E-state index contributed by atoms with van der Waals surface area (Å²) >= 11 is 0. The Bertz CT molecular complexity index is 1040. The number of halogens is 1. The van der Waals surface area contributed by atoms with Gasteiger partial charge in [0.05, 0.1) is 11.4 Å². The molecule has 4 rings (SSSR count). The van der Waals surface area contributed by atoms with Crippen molar-refractivity contribution in [2.24, 2.45) is 5.73 Å². The minimum atomic E-state index is -0.564. The van der Waals surface area contributed by atoms with Crippen molar-refractivity contribution in [1.82, 2.24) is 4.98 Å². The average Bonchev–Trinajstić information content (AvgIpc) is 3.32. The molecule has 1 aliphatic heterocycles. The van der Waals surface area contributed by atoms with Crippen LogP contribution in [0, 0.1) is 5.82 Å². The Morgan fingerprint density at radius 1 is 1.11 bits per heavy atom. The number of primary amides is 1.